The molecule has 0 amide bonds. The third kappa shape index (κ3) is 3.26. The Morgan fingerprint density at radius 3 is 2.65 bits per heavy atom. The van der Waals surface area contributed by atoms with E-state index in [0.717, 1.165) is 24.0 Å². The molecule has 0 spiro atoms. The van der Waals surface area contributed by atoms with Gasteiger partial charge in [-0.2, -0.15) is 0 Å². The van der Waals surface area contributed by atoms with Crippen molar-refractivity contribution in [1.29, 1.82) is 0 Å². The second kappa shape index (κ2) is 6.98. The normalized spacial score (nSPS) is 26.3. The largest absolute Gasteiger partial charge is 0.497 e. The van der Waals surface area contributed by atoms with Gasteiger partial charge in [-0.05, 0) is 62.4 Å². The Morgan fingerprint density at radius 1 is 1.20 bits per heavy atom. The molecule has 1 aromatic rings. The lowest BCUT2D eigenvalue weighted by Gasteiger charge is -2.36. The predicted molar refractivity (Wildman–Crippen MR) is 82.7 cm³/mol. The Morgan fingerprint density at radius 2 is 2.00 bits per heavy atom. The van der Waals surface area contributed by atoms with Crippen LogP contribution in [0.5, 0.6) is 11.5 Å². The maximum absolute atomic E-state index is 5.58. The molecule has 0 heterocycles. The minimum absolute atomic E-state index is 0.552. The molecule has 1 aliphatic carbocycles. The highest BCUT2D eigenvalue weighted by Gasteiger charge is 2.31. The van der Waals surface area contributed by atoms with Crippen molar-refractivity contribution < 1.29 is 9.47 Å². The number of rotatable bonds is 5. The molecule has 1 N–H and O–H groups in total. The van der Waals surface area contributed by atoms with E-state index in [0.29, 0.717) is 11.8 Å². The van der Waals surface area contributed by atoms with Crippen LogP contribution in [0.3, 0.4) is 0 Å². The van der Waals surface area contributed by atoms with Gasteiger partial charge in [-0.1, -0.05) is 13.3 Å². The predicted octanol–water partition coefficient (Wildman–Crippen LogP) is 3.44. The molecule has 0 aromatic heterocycles. The minimum Gasteiger partial charge on any atom is -0.497 e. The lowest BCUT2D eigenvalue weighted by Crippen LogP contribution is -2.30. The van der Waals surface area contributed by atoms with Crippen LogP contribution in [0.2, 0.25) is 0 Å². The number of nitrogens with one attached hydrogen (secondary N) is 1. The van der Waals surface area contributed by atoms with Gasteiger partial charge in [0.05, 0.1) is 14.2 Å². The molecule has 1 saturated carbocycles. The van der Waals surface area contributed by atoms with Crippen LogP contribution in [0.4, 0.5) is 0 Å². The second-order valence-electron chi connectivity index (χ2n) is 5.95. The molecule has 3 nitrogen and oxygen atoms in total. The maximum Gasteiger partial charge on any atom is 0.122 e. The van der Waals surface area contributed by atoms with Crippen LogP contribution in [0.1, 0.15) is 37.7 Å². The van der Waals surface area contributed by atoms with Crippen molar-refractivity contribution in [3.05, 3.63) is 23.8 Å². The van der Waals surface area contributed by atoms with Gasteiger partial charge in [-0.25, -0.2) is 0 Å². The van der Waals surface area contributed by atoms with Gasteiger partial charge in [0.1, 0.15) is 11.5 Å². The third-order valence-electron chi connectivity index (χ3n) is 4.56. The highest BCUT2D eigenvalue weighted by Crippen LogP contribution is 2.44. The van der Waals surface area contributed by atoms with Crippen LogP contribution in [0, 0.1) is 11.8 Å². The Bertz CT molecular complexity index is 433. The molecule has 20 heavy (non-hydrogen) atoms. The van der Waals surface area contributed by atoms with E-state index in [2.05, 4.69) is 18.3 Å². The Balaban J connectivity index is 2.34. The molecule has 1 aromatic carbocycles. The van der Waals surface area contributed by atoms with E-state index in [4.69, 9.17) is 9.47 Å². The summed E-state index contributed by atoms with van der Waals surface area (Å²) in [6.45, 7) is 3.42. The van der Waals surface area contributed by atoms with E-state index in [-0.39, 0.29) is 0 Å². The summed E-state index contributed by atoms with van der Waals surface area (Å²) in [5.41, 5.74) is 1.30. The van der Waals surface area contributed by atoms with Gasteiger partial charge >= 0.3 is 0 Å². The third-order valence-corrected chi connectivity index (χ3v) is 4.56. The molecule has 112 valence electrons. The summed E-state index contributed by atoms with van der Waals surface area (Å²) in [7, 11) is 5.52. The molecule has 1 aliphatic rings. The van der Waals surface area contributed by atoms with Crippen molar-refractivity contribution in [2.24, 2.45) is 11.8 Å². The first-order chi connectivity index (χ1) is 9.69. The average molecular weight is 277 g/mol. The minimum atomic E-state index is 0.552. The number of ether oxygens (including phenoxy) is 2. The summed E-state index contributed by atoms with van der Waals surface area (Å²) in [5, 5.41) is 3.35. The van der Waals surface area contributed by atoms with Crippen molar-refractivity contribution in [1.82, 2.24) is 5.32 Å². The molecule has 1 fully saturated rings. The van der Waals surface area contributed by atoms with Gasteiger partial charge in [-0.3, -0.25) is 0 Å². The molecule has 0 saturated heterocycles. The van der Waals surface area contributed by atoms with Crippen molar-refractivity contribution in [3.8, 4) is 11.5 Å². The number of benzene rings is 1. The van der Waals surface area contributed by atoms with Crippen molar-refractivity contribution in [3.63, 3.8) is 0 Å². The summed E-state index contributed by atoms with van der Waals surface area (Å²) >= 11 is 0. The monoisotopic (exact) mass is 277 g/mol. The fourth-order valence-electron chi connectivity index (χ4n) is 3.46. The van der Waals surface area contributed by atoms with Crippen molar-refractivity contribution in [2.75, 3.05) is 27.8 Å². The van der Waals surface area contributed by atoms with Crippen LogP contribution in [-0.4, -0.2) is 27.8 Å². The molecule has 0 radical (unpaired) electrons. The Hall–Kier alpha value is -1.22. The van der Waals surface area contributed by atoms with Crippen molar-refractivity contribution in [2.45, 2.75) is 32.1 Å². The van der Waals surface area contributed by atoms with Crippen molar-refractivity contribution >= 4 is 0 Å². The van der Waals surface area contributed by atoms with E-state index in [1.54, 1.807) is 14.2 Å². The maximum atomic E-state index is 5.58. The molecule has 3 unspecified atom stereocenters. The fourth-order valence-corrected chi connectivity index (χ4v) is 3.46. The molecule has 0 aliphatic heterocycles. The highest BCUT2D eigenvalue weighted by atomic mass is 16.5. The topological polar surface area (TPSA) is 30.5 Å². The molecule has 3 heteroatoms. The van der Waals surface area contributed by atoms with Gasteiger partial charge in [0.25, 0.3) is 0 Å². The van der Waals surface area contributed by atoms with E-state index in [1.165, 1.54) is 24.8 Å². The van der Waals surface area contributed by atoms with Gasteiger partial charge in [0, 0.05) is 5.56 Å². The zero-order valence-electron chi connectivity index (χ0n) is 13.1. The van der Waals surface area contributed by atoms with E-state index in [1.807, 2.05) is 19.2 Å². The lowest BCUT2D eigenvalue weighted by molar-refractivity contribution is 0.240. The van der Waals surface area contributed by atoms with Crippen LogP contribution in [0.15, 0.2) is 18.2 Å². The lowest BCUT2D eigenvalue weighted by atomic mass is 9.71. The fraction of sp³-hybridized carbons (Fsp3) is 0.647. The van der Waals surface area contributed by atoms with Gasteiger partial charge in [-0.15, -0.1) is 0 Å². The summed E-state index contributed by atoms with van der Waals surface area (Å²) in [6, 6.07) is 6.16. The first kappa shape index (κ1) is 15.2. The molecule has 0 bridgehead atoms. The smallest absolute Gasteiger partial charge is 0.122 e. The van der Waals surface area contributed by atoms with Gasteiger partial charge in [0.2, 0.25) is 0 Å². The van der Waals surface area contributed by atoms with Crippen LogP contribution in [-0.2, 0) is 0 Å². The molecule has 3 atom stereocenters. The quantitative estimate of drug-likeness (QED) is 0.894. The SMILES string of the molecule is CNCC1CCC(C)CC1c1cc(OC)ccc1OC. The first-order valence-electron chi connectivity index (χ1n) is 7.56. The molecule has 2 rings (SSSR count). The standard InChI is InChI=1S/C17H27NO2/c1-12-5-6-13(11-18-2)15(9-12)16-10-14(19-3)7-8-17(16)20-4/h7-8,10,12-13,15,18H,5-6,9,11H2,1-4H3. The summed E-state index contributed by atoms with van der Waals surface area (Å²) in [6.07, 6.45) is 3.85. The van der Waals surface area contributed by atoms with Gasteiger partial charge < -0.3 is 14.8 Å². The van der Waals surface area contributed by atoms with Gasteiger partial charge in [0.15, 0.2) is 0 Å². The summed E-state index contributed by atoms with van der Waals surface area (Å²) in [5.74, 6) is 3.92. The summed E-state index contributed by atoms with van der Waals surface area (Å²) in [4.78, 5) is 0. The van der Waals surface area contributed by atoms with E-state index < -0.39 is 0 Å². The average Bonchev–Trinajstić information content (AvgIpc) is 2.48. The number of hydrogen-bond donors (Lipinski definition) is 1. The van der Waals surface area contributed by atoms with Crippen LogP contribution < -0.4 is 14.8 Å². The number of hydrogen-bond acceptors (Lipinski definition) is 3. The van der Waals surface area contributed by atoms with E-state index >= 15 is 0 Å². The Kier molecular flexibility index (Phi) is 5.30. The number of methoxy groups -OCH3 is 2. The first-order valence-corrected chi connectivity index (χ1v) is 7.56. The molecular formula is C17H27NO2. The second-order valence-corrected chi connectivity index (χ2v) is 5.95. The van der Waals surface area contributed by atoms with E-state index in [9.17, 15) is 0 Å². The highest BCUT2D eigenvalue weighted by molar-refractivity contribution is 5.43. The zero-order chi connectivity index (χ0) is 14.5. The Labute approximate surface area is 122 Å². The van der Waals surface area contributed by atoms with Crippen LogP contribution in [0.25, 0.3) is 0 Å². The molecular weight excluding hydrogens is 250 g/mol. The summed E-state index contributed by atoms with van der Waals surface area (Å²) < 4.78 is 11.0. The van der Waals surface area contributed by atoms with Crippen LogP contribution >= 0.6 is 0 Å². The zero-order valence-corrected chi connectivity index (χ0v) is 13.1.